The Kier molecular flexibility index (Phi) is 5.23. The maximum atomic E-state index is 13.0. The van der Waals surface area contributed by atoms with Crippen LogP contribution in [0.1, 0.15) is 53.4 Å². The van der Waals surface area contributed by atoms with Crippen molar-refractivity contribution in [2.24, 2.45) is 28.6 Å². The topological polar surface area (TPSA) is 101 Å². The molecule has 8 atom stereocenters. The number of rotatable bonds is 3. The number of esters is 1. The second-order valence-corrected chi connectivity index (χ2v) is 11.7. The molecule has 4 rings (SSSR count). The average molecular weight is 495 g/mol. The summed E-state index contributed by atoms with van der Waals surface area (Å²) >= 11 is 3.98. The molecule has 3 fully saturated rings. The van der Waals surface area contributed by atoms with Crippen LogP contribution in [0.15, 0.2) is 23.8 Å². The fraction of sp³-hybridized carbons (Fsp3) is 0.708. The van der Waals surface area contributed by atoms with E-state index in [9.17, 15) is 24.6 Å². The minimum absolute atomic E-state index is 0.00611. The van der Waals surface area contributed by atoms with Crippen molar-refractivity contribution < 1.29 is 29.3 Å². The monoisotopic (exact) mass is 494 g/mol. The third kappa shape index (κ3) is 2.85. The van der Waals surface area contributed by atoms with Crippen LogP contribution in [0.4, 0.5) is 0 Å². The van der Waals surface area contributed by atoms with Gasteiger partial charge < -0.3 is 14.9 Å². The van der Waals surface area contributed by atoms with E-state index in [2.05, 4.69) is 29.8 Å². The van der Waals surface area contributed by atoms with Crippen LogP contribution in [-0.2, 0) is 19.1 Å². The van der Waals surface area contributed by atoms with Gasteiger partial charge >= 0.3 is 5.97 Å². The van der Waals surface area contributed by atoms with Crippen LogP contribution in [0.25, 0.3) is 0 Å². The molecule has 4 aliphatic rings. The van der Waals surface area contributed by atoms with Crippen LogP contribution >= 0.6 is 15.9 Å². The van der Waals surface area contributed by atoms with Crippen molar-refractivity contribution in [1.82, 2.24) is 0 Å². The van der Waals surface area contributed by atoms with Crippen LogP contribution in [0.3, 0.4) is 0 Å². The molecule has 31 heavy (non-hydrogen) atoms. The first kappa shape index (κ1) is 22.9. The predicted octanol–water partition coefficient (Wildman–Crippen LogP) is 2.89. The van der Waals surface area contributed by atoms with Gasteiger partial charge in [-0.05, 0) is 55.6 Å². The number of halogens is 1. The van der Waals surface area contributed by atoms with Crippen molar-refractivity contribution in [1.29, 1.82) is 0 Å². The molecule has 0 radical (unpaired) electrons. The molecule has 0 heterocycles. The van der Waals surface area contributed by atoms with Gasteiger partial charge in [0, 0.05) is 17.8 Å². The van der Waals surface area contributed by atoms with Crippen molar-refractivity contribution in [3.8, 4) is 0 Å². The van der Waals surface area contributed by atoms with Crippen molar-refractivity contribution in [2.45, 2.75) is 69.4 Å². The van der Waals surface area contributed by atoms with Gasteiger partial charge in [-0.2, -0.15) is 0 Å². The average Bonchev–Trinajstić information content (AvgIpc) is 2.96. The second kappa shape index (κ2) is 7.09. The van der Waals surface area contributed by atoms with Crippen molar-refractivity contribution in [3.05, 3.63) is 23.8 Å². The van der Waals surface area contributed by atoms with Crippen LogP contribution in [0, 0.1) is 28.6 Å². The molecule has 7 heteroatoms. The van der Waals surface area contributed by atoms with Crippen LogP contribution in [0.5, 0.6) is 0 Å². The van der Waals surface area contributed by atoms with E-state index in [4.69, 9.17) is 4.74 Å². The summed E-state index contributed by atoms with van der Waals surface area (Å²) in [5.41, 5.74) is -2.01. The molecule has 0 spiro atoms. The number of fused-ring (bicyclic) bond motifs is 5. The van der Waals surface area contributed by atoms with Gasteiger partial charge in [-0.1, -0.05) is 48.4 Å². The van der Waals surface area contributed by atoms with Crippen molar-refractivity contribution >= 4 is 33.5 Å². The first-order valence-corrected chi connectivity index (χ1v) is 11.8. The van der Waals surface area contributed by atoms with E-state index in [0.717, 1.165) is 12.0 Å². The molecule has 0 amide bonds. The lowest BCUT2D eigenvalue weighted by molar-refractivity contribution is -0.176. The third-order valence-electron chi connectivity index (χ3n) is 8.99. The number of ether oxygens (including phenoxy) is 1. The van der Waals surface area contributed by atoms with Gasteiger partial charge in [0.2, 0.25) is 5.78 Å². The summed E-state index contributed by atoms with van der Waals surface area (Å²) in [5.74, 6) is -0.974. The highest BCUT2D eigenvalue weighted by Gasteiger charge is 2.73. The Morgan fingerprint density at radius 2 is 1.97 bits per heavy atom. The normalized spacial score (nSPS) is 48.4. The van der Waals surface area contributed by atoms with Gasteiger partial charge in [-0.25, -0.2) is 0 Å². The van der Waals surface area contributed by atoms with Gasteiger partial charge in [0.15, 0.2) is 12.4 Å². The Morgan fingerprint density at radius 1 is 1.29 bits per heavy atom. The molecule has 170 valence electrons. The van der Waals surface area contributed by atoms with E-state index < -0.39 is 45.2 Å². The molecule has 0 aromatic carbocycles. The van der Waals surface area contributed by atoms with Gasteiger partial charge in [-0.3, -0.25) is 14.4 Å². The predicted molar refractivity (Wildman–Crippen MR) is 117 cm³/mol. The maximum Gasteiger partial charge on any atom is 0.303 e. The summed E-state index contributed by atoms with van der Waals surface area (Å²) in [6.07, 6.45) is 6.27. The Morgan fingerprint density at radius 3 is 2.61 bits per heavy atom. The van der Waals surface area contributed by atoms with E-state index in [-0.39, 0.29) is 36.4 Å². The highest BCUT2D eigenvalue weighted by Crippen LogP contribution is 2.71. The van der Waals surface area contributed by atoms with Crippen molar-refractivity contribution in [2.75, 3.05) is 6.61 Å². The Hall–Kier alpha value is -1.31. The zero-order valence-corrected chi connectivity index (χ0v) is 20.1. The molecule has 0 aliphatic heterocycles. The van der Waals surface area contributed by atoms with Crippen molar-refractivity contribution in [3.63, 3.8) is 0 Å². The lowest BCUT2D eigenvalue weighted by atomic mass is 9.44. The minimum atomic E-state index is -1.65. The number of carbonyl (C=O) groups is 3. The standard InChI is InChI=1S/C24H31BrO6/c1-13-9-18-16-6-8-23(30,20(29)12-31-14(2)26)22(16,4)11-19(28)24(18,25)21(3)7-5-15(27)10-17(13)21/h5,7,10,13,16,18-19,28,30H,6,8-9,11-12H2,1-4H3/t13-,16+,18+,19+,21+,22+,23+,24+/m1/s1. The number of aliphatic hydroxyl groups is 2. The number of hydrogen-bond acceptors (Lipinski definition) is 6. The highest BCUT2D eigenvalue weighted by atomic mass is 79.9. The van der Waals surface area contributed by atoms with E-state index in [1.54, 1.807) is 12.2 Å². The van der Waals surface area contributed by atoms with E-state index in [1.165, 1.54) is 6.92 Å². The van der Waals surface area contributed by atoms with Gasteiger partial charge in [0.25, 0.3) is 0 Å². The molecular weight excluding hydrogens is 464 g/mol. The van der Waals surface area contributed by atoms with Gasteiger partial charge in [0.1, 0.15) is 5.60 Å². The lowest BCUT2D eigenvalue weighted by Crippen LogP contribution is -2.69. The smallest absolute Gasteiger partial charge is 0.303 e. The maximum absolute atomic E-state index is 13.0. The molecule has 0 aromatic heterocycles. The first-order valence-electron chi connectivity index (χ1n) is 11.0. The fourth-order valence-electron chi connectivity index (χ4n) is 7.35. The Balaban J connectivity index is 1.75. The number of hydrogen-bond donors (Lipinski definition) is 2. The van der Waals surface area contributed by atoms with Gasteiger partial charge in [-0.15, -0.1) is 0 Å². The zero-order chi connectivity index (χ0) is 23.0. The minimum Gasteiger partial charge on any atom is -0.458 e. The molecule has 4 aliphatic carbocycles. The number of allylic oxidation sites excluding steroid dienone is 4. The Labute approximate surface area is 191 Å². The van der Waals surface area contributed by atoms with Gasteiger partial charge in [0.05, 0.1) is 10.4 Å². The largest absolute Gasteiger partial charge is 0.458 e. The second-order valence-electron chi connectivity index (χ2n) is 10.4. The molecular formula is C24H31BrO6. The zero-order valence-electron chi connectivity index (χ0n) is 18.5. The summed E-state index contributed by atoms with van der Waals surface area (Å²) in [5, 5.41) is 23.1. The molecule has 0 aromatic rings. The summed E-state index contributed by atoms with van der Waals surface area (Å²) in [6.45, 7) is 6.84. The van der Waals surface area contributed by atoms with Crippen LogP contribution in [0.2, 0.25) is 0 Å². The Bertz CT molecular complexity index is 910. The number of carbonyl (C=O) groups excluding carboxylic acids is 3. The number of alkyl halides is 1. The fourth-order valence-corrected chi connectivity index (χ4v) is 8.38. The quantitative estimate of drug-likeness (QED) is 0.462. The third-order valence-corrected chi connectivity index (χ3v) is 10.9. The molecule has 0 unspecified atom stereocenters. The van der Waals surface area contributed by atoms with Crippen LogP contribution in [-0.4, -0.2) is 50.4 Å². The summed E-state index contributed by atoms with van der Waals surface area (Å²) < 4.78 is 4.20. The highest BCUT2D eigenvalue weighted by molar-refractivity contribution is 9.10. The molecule has 0 saturated heterocycles. The number of Topliss-reactive ketones (excluding diaryl/α,β-unsaturated/α-hetero) is 1. The SMILES string of the molecule is CC(=O)OCC(=O)[C@@]1(O)CC[C@H]2[C@@H]3C[C@@H](C)C4=CC(=O)C=C[C@]4(C)[C@@]3(Br)[C@@H](O)C[C@@]21C. The molecule has 3 saturated carbocycles. The van der Waals surface area contributed by atoms with E-state index >= 15 is 0 Å². The van der Waals surface area contributed by atoms with E-state index in [1.807, 2.05) is 13.0 Å². The lowest BCUT2D eigenvalue weighted by Gasteiger charge is -2.65. The summed E-state index contributed by atoms with van der Waals surface area (Å²) in [4.78, 5) is 36.3. The molecule has 2 N–H and O–H groups in total. The first-order chi connectivity index (χ1) is 14.3. The molecule has 0 bridgehead atoms. The molecule has 6 nitrogen and oxygen atoms in total. The number of ketones is 2. The van der Waals surface area contributed by atoms with E-state index in [0.29, 0.717) is 6.42 Å². The summed E-state index contributed by atoms with van der Waals surface area (Å²) in [7, 11) is 0. The van der Waals surface area contributed by atoms with Crippen LogP contribution < -0.4 is 0 Å². The number of aliphatic hydroxyl groups excluding tert-OH is 1. The summed E-state index contributed by atoms with van der Waals surface area (Å²) in [6, 6.07) is 0.